The third-order valence-electron chi connectivity index (χ3n) is 3.95. The standard InChI is InChI=1S/C21H22FN3O/c1-16(24-12-11-18-8-5-9-19(22)14-18)20(15-23)21(26)25-13-10-17-6-3-2-4-7-17/h2-9,14,24H,10-13H2,1H3,(H,25,26). The molecule has 0 bridgehead atoms. The summed E-state index contributed by atoms with van der Waals surface area (Å²) >= 11 is 0. The second-order valence-electron chi connectivity index (χ2n) is 5.91. The van der Waals surface area contributed by atoms with Crippen molar-refractivity contribution < 1.29 is 9.18 Å². The zero-order valence-corrected chi connectivity index (χ0v) is 14.8. The molecular formula is C21H22FN3O. The average Bonchev–Trinajstić information content (AvgIpc) is 2.63. The molecule has 0 aliphatic heterocycles. The summed E-state index contributed by atoms with van der Waals surface area (Å²) < 4.78 is 13.2. The molecule has 2 aromatic rings. The van der Waals surface area contributed by atoms with Gasteiger partial charge >= 0.3 is 0 Å². The molecule has 0 spiro atoms. The van der Waals surface area contributed by atoms with Gasteiger partial charge in [0.25, 0.3) is 5.91 Å². The van der Waals surface area contributed by atoms with Crippen molar-refractivity contribution in [2.24, 2.45) is 0 Å². The van der Waals surface area contributed by atoms with Crippen LogP contribution in [0.2, 0.25) is 0 Å². The Bertz CT molecular complexity index is 810. The number of benzene rings is 2. The Hall–Kier alpha value is -3.13. The van der Waals surface area contributed by atoms with Crippen LogP contribution in [0.3, 0.4) is 0 Å². The van der Waals surface area contributed by atoms with Gasteiger partial charge in [0.1, 0.15) is 17.5 Å². The highest BCUT2D eigenvalue weighted by Crippen LogP contribution is 2.05. The van der Waals surface area contributed by atoms with E-state index < -0.39 is 0 Å². The minimum absolute atomic E-state index is 0.0669. The predicted octanol–water partition coefficient (Wildman–Crippen LogP) is 3.11. The molecule has 4 nitrogen and oxygen atoms in total. The van der Waals surface area contributed by atoms with Crippen LogP contribution in [-0.2, 0) is 17.6 Å². The molecule has 134 valence electrons. The summed E-state index contributed by atoms with van der Waals surface area (Å²) in [4.78, 5) is 12.2. The number of halogens is 1. The van der Waals surface area contributed by atoms with Gasteiger partial charge in [-0.3, -0.25) is 4.79 Å². The van der Waals surface area contributed by atoms with Crippen LogP contribution in [-0.4, -0.2) is 19.0 Å². The van der Waals surface area contributed by atoms with E-state index in [1.165, 1.54) is 12.1 Å². The fourth-order valence-electron chi connectivity index (χ4n) is 2.53. The van der Waals surface area contributed by atoms with E-state index in [2.05, 4.69) is 10.6 Å². The van der Waals surface area contributed by atoms with Gasteiger partial charge in [0.2, 0.25) is 0 Å². The highest BCUT2D eigenvalue weighted by atomic mass is 19.1. The molecule has 0 aromatic heterocycles. The SMILES string of the molecule is CC(NCCc1cccc(F)c1)=C(C#N)C(=O)NCCc1ccccc1. The number of carbonyl (C=O) groups excluding carboxylic acids is 1. The molecule has 0 heterocycles. The summed E-state index contributed by atoms with van der Waals surface area (Å²) in [5.74, 6) is -0.663. The molecular weight excluding hydrogens is 329 g/mol. The van der Waals surface area contributed by atoms with E-state index in [0.29, 0.717) is 31.6 Å². The Labute approximate surface area is 153 Å². The number of nitrogens with one attached hydrogen (secondary N) is 2. The van der Waals surface area contributed by atoms with Crippen LogP contribution in [0.5, 0.6) is 0 Å². The van der Waals surface area contributed by atoms with Crippen molar-refractivity contribution in [2.45, 2.75) is 19.8 Å². The predicted molar refractivity (Wildman–Crippen MR) is 99.6 cm³/mol. The van der Waals surface area contributed by atoms with Crippen molar-refractivity contribution in [3.8, 4) is 6.07 Å². The number of allylic oxidation sites excluding steroid dienone is 1. The summed E-state index contributed by atoms with van der Waals surface area (Å²) in [5, 5.41) is 15.1. The van der Waals surface area contributed by atoms with E-state index in [4.69, 9.17) is 0 Å². The highest BCUT2D eigenvalue weighted by Gasteiger charge is 2.12. The van der Waals surface area contributed by atoms with Gasteiger partial charge in [-0.15, -0.1) is 0 Å². The van der Waals surface area contributed by atoms with E-state index in [9.17, 15) is 14.4 Å². The van der Waals surface area contributed by atoms with E-state index in [-0.39, 0.29) is 17.3 Å². The van der Waals surface area contributed by atoms with Crippen molar-refractivity contribution in [3.05, 3.63) is 82.8 Å². The lowest BCUT2D eigenvalue weighted by Gasteiger charge is -2.10. The zero-order valence-electron chi connectivity index (χ0n) is 14.8. The lowest BCUT2D eigenvalue weighted by molar-refractivity contribution is -0.117. The van der Waals surface area contributed by atoms with Gasteiger partial charge in [0, 0.05) is 18.8 Å². The topological polar surface area (TPSA) is 64.9 Å². The maximum absolute atomic E-state index is 13.2. The molecule has 1 amide bonds. The van der Waals surface area contributed by atoms with Crippen molar-refractivity contribution in [1.29, 1.82) is 5.26 Å². The van der Waals surface area contributed by atoms with Gasteiger partial charge in [-0.2, -0.15) is 5.26 Å². The van der Waals surface area contributed by atoms with E-state index >= 15 is 0 Å². The average molecular weight is 351 g/mol. The van der Waals surface area contributed by atoms with Crippen LogP contribution in [0.4, 0.5) is 4.39 Å². The molecule has 0 aliphatic rings. The molecule has 0 radical (unpaired) electrons. The Morgan fingerprint density at radius 1 is 1.00 bits per heavy atom. The van der Waals surface area contributed by atoms with E-state index in [0.717, 1.165) is 11.1 Å². The fourth-order valence-corrected chi connectivity index (χ4v) is 2.53. The Morgan fingerprint density at radius 2 is 1.65 bits per heavy atom. The first-order chi connectivity index (χ1) is 12.6. The zero-order chi connectivity index (χ0) is 18.8. The van der Waals surface area contributed by atoms with Gasteiger partial charge < -0.3 is 10.6 Å². The van der Waals surface area contributed by atoms with Crippen LogP contribution in [0.25, 0.3) is 0 Å². The Kier molecular flexibility index (Phi) is 7.38. The molecule has 0 saturated heterocycles. The largest absolute Gasteiger partial charge is 0.387 e. The molecule has 0 saturated carbocycles. The molecule has 0 atom stereocenters. The summed E-state index contributed by atoms with van der Waals surface area (Å²) in [6.07, 6.45) is 1.31. The number of nitrogens with zero attached hydrogens (tertiary/aromatic N) is 1. The number of rotatable bonds is 8. The molecule has 2 N–H and O–H groups in total. The second kappa shape index (κ2) is 10.00. The molecule has 26 heavy (non-hydrogen) atoms. The third kappa shape index (κ3) is 6.06. The normalized spacial score (nSPS) is 11.3. The van der Waals surface area contributed by atoms with E-state index in [1.54, 1.807) is 13.0 Å². The first-order valence-corrected chi connectivity index (χ1v) is 8.51. The highest BCUT2D eigenvalue weighted by molar-refractivity contribution is 5.97. The maximum atomic E-state index is 13.2. The van der Waals surface area contributed by atoms with Crippen molar-refractivity contribution >= 4 is 5.91 Å². The molecule has 0 fully saturated rings. The third-order valence-corrected chi connectivity index (χ3v) is 3.95. The molecule has 0 aliphatic carbocycles. The van der Waals surface area contributed by atoms with Gasteiger partial charge in [0.15, 0.2) is 0 Å². The smallest absolute Gasteiger partial charge is 0.263 e. The van der Waals surface area contributed by atoms with Crippen molar-refractivity contribution in [3.63, 3.8) is 0 Å². The summed E-state index contributed by atoms with van der Waals surface area (Å²) in [7, 11) is 0. The Morgan fingerprint density at radius 3 is 2.35 bits per heavy atom. The second-order valence-corrected chi connectivity index (χ2v) is 5.91. The van der Waals surface area contributed by atoms with Crippen LogP contribution < -0.4 is 10.6 Å². The van der Waals surface area contributed by atoms with Crippen LogP contribution >= 0.6 is 0 Å². The number of hydrogen-bond donors (Lipinski definition) is 2. The van der Waals surface area contributed by atoms with Gasteiger partial charge in [-0.1, -0.05) is 42.5 Å². The lowest BCUT2D eigenvalue weighted by atomic mass is 10.1. The number of nitriles is 1. The van der Waals surface area contributed by atoms with Crippen molar-refractivity contribution in [2.75, 3.05) is 13.1 Å². The van der Waals surface area contributed by atoms with E-state index in [1.807, 2.05) is 42.5 Å². The monoisotopic (exact) mass is 351 g/mol. The quantitative estimate of drug-likeness (QED) is 0.567. The molecule has 2 rings (SSSR count). The molecule has 2 aromatic carbocycles. The van der Waals surface area contributed by atoms with Gasteiger partial charge in [-0.05, 0) is 43.0 Å². The summed E-state index contributed by atoms with van der Waals surface area (Å²) in [6.45, 7) is 2.67. The van der Waals surface area contributed by atoms with Crippen LogP contribution in [0.15, 0.2) is 65.9 Å². The fraction of sp³-hybridized carbons (Fsp3) is 0.238. The maximum Gasteiger partial charge on any atom is 0.263 e. The van der Waals surface area contributed by atoms with Crippen LogP contribution in [0, 0.1) is 17.1 Å². The minimum Gasteiger partial charge on any atom is -0.387 e. The van der Waals surface area contributed by atoms with Crippen LogP contribution in [0.1, 0.15) is 18.1 Å². The molecule has 5 heteroatoms. The minimum atomic E-state index is -0.390. The summed E-state index contributed by atoms with van der Waals surface area (Å²) in [5.41, 5.74) is 2.56. The first-order valence-electron chi connectivity index (χ1n) is 8.51. The van der Waals surface area contributed by atoms with Crippen molar-refractivity contribution in [1.82, 2.24) is 10.6 Å². The van der Waals surface area contributed by atoms with Gasteiger partial charge in [0.05, 0.1) is 0 Å². The van der Waals surface area contributed by atoms with Gasteiger partial charge in [-0.25, -0.2) is 4.39 Å². The first kappa shape index (κ1) is 19.2. The number of hydrogen-bond acceptors (Lipinski definition) is 3. The summed E-state index contributed by atoms with van der Waals surface area (Å²) in [6, 6.07) is 18.2. The lowest BCUT2D eigenvalue weighted by Crippen LogP contribution is -2.29. The Balaban J connectivity index is 1.83. The number of carbonyl (C=O) groups is 1. The molecule has 0 unspecified atom stereocenters. The number of amides is 1.